The molecule has 248 valence electrons. The van der Waals surface area contributed by atoms with E-state index in [-0.39, 0.29) is 35.2 Å². The number of methoxy groups -OCH3 is 2. The minimum atomic E-state index is -4.34. The number of hydrogen-bond donors (Lipinski definition) is 1. The van der Waals surface area contributed by atoms with Crippen LogP contribution in [0.15, 0.2) is 108 Å². The van der Waals surface area contributed by atoms with Crippen LogP contribution in [0.2, 0.25) is 0 Å². The Morgan fingerprint density at radius 2 is 1.49 bits per heavy atom. The van der Waals surface area contributed by atoms with Crippen LogP contribution in [0, 0.1) is 5.82 Å². The number of sulfonamides is 1. The molecule has 11 heteroatoms. The van der Waals surface area contributed by atoms with Gasteiger partial charge in [-0.05, 0) is 66.1 Å². The third-order valence-corrected chi connectivity index (χ3v) is 9.42. The lowest BCUT2D eigenvalue weighted by Crippen LogP contribution is -2.53. The van der Waals surface area contributed by atoms with Gasteiger partial charge in [0.2, 0.25) is 11.8 Å². The second-order valence-electron chi connectivity index (χ2n) is 10.9. The second kappa shape index (κ2) is 16.6. The van der Waals surface area contributed by atoms with Crippen LogP contribution in [0.3, 0.4) is 0 Å². The van der Waals surface area contributed by atoms with Crippen molar-refractivity contribution < 1.29 is 31.9 Å². The largest absolute Gasteiger partial charge is 0.497 e. The van der Waals surface area contributed by atoms with Gasteiger partial charge in [0, 0.05) is 19.5 Å². The molecule has 4 rings (SSSR count). The van der Waals surface area contributed by atoms with Gasteiger partial charge in [0.25, 0.3) is 10.0 Å². The molecule has 0 heterocycles. The van der Waals surface area contributed by atoms with Crippen molar-refractivity contribution >= 4 is 27.5 Å². The summed E-state index contributed by atoms with van der Waals surface area (Å²) in [4.78, 5) is 29.7. The van der Waals surface area contributed by atoms with Crippen molar-refractivity contribution in [1.82, 2.24) is 10.2 Å². The van der Waals surface area contributed by atoms with E-state index in [0.717, 1.165) is 22.7 Å². The lowest BCUT2D eigenvalue weighted by molar-refractivity contribution is -0.140. The molecule has 0 radical (unpaired) electrons. The number of nitrogens with one attached hydrogen (secondary N) is 1. The number of ether oxygens (including phenoxy) is 2. The maximum absolute atomic E-state index is 14.5. The number of rotatable bonds is 16. The summed E-state index contributed by atoms with van der Waals surface area (Å²) >= 11 is 0. The summed E-state index contributed by atoms with van der Waals surface area (Å²) in [7, 11) is -1.45. The molecule has 1 atom stereocenters. The molecule has 4 aromatic carbocycles. The van der Waals surface area contributed by atoms with E-state index < -0.39 is 34.3 Å². The Balaban J connectivity index is 1.81. The summed E-state index contributed by atoms with van der Waals surface area (Å²) in [5, 5.41) is 2.95. The van der Waals surface area contributed by atoms with Crippen molar-refractivity contribution in [3.05, 3.63) is 120 Å². The molecule has 0 saturated heterocycles. The van der Waals surface area contributed by atoms with Gasteiger partial charge in [0.15, 0.2) is 0 Å². The van der Waals surface area contributed by atoms with Gasteiger partial charge in [-0.3, -0.25) is 13.9 Å². The number of nitrogens with zero attached hydrogens (tertiary/aromatic N) is 2. The van der Waals surface area contributed by atoms with Crippen LogP contribution in [0.25, 0.3) is 0 Å². The van der Waals surface area contributed by atoms with Crippen molar-refractivity contribution in [2.45, 2.75) is 43.7 Å². The third kappa shape index (κ3) is 9.10. The first-order chi connectivity index (χ1) is 22.7. The lowest BCUT2D eigenvalue weighted by Gasteiger charge is -2.34. The third-order valence-electron chi connectivity index (χ3n) is 7.65. The van der Waals surface area contributed by atoms with Gasteiger partial charge in [-0.15, -0.1) is 0 Å². The summed E-state index contributed by atoms with van der Waals surface area (Å²) in [5.41, 5.74) is 1.53. The van der Waals surface area contributed by atoms with Gasteiger partial charge in [-0.1, -0.05) is 67.9 Å². The van der Waals surface area contributed by atoms with E-state index in [4.69, 9.17) is 9.47 Å². The molecule has 1 N–H and O–H groups in total. The van der Waals surface area contributed by atoms with Gasteiger partial charge in [0.1, 0.15) is 29.9 Å². The highest BCUT2D eigenvalue weighted by atomic mass is 32.2. The molecule has 0 aliphatic rings. The van der Waals surface area contributed by atoms with Crippen LogP contribution in [0.5, 0.6) is 11.5 Å². The Labute approximate surface area is 276 Å². The van der Waals surface area contributed by atoms with Gasteiger partial charge >= 0.3 is 0 Å². The van der Waals surface area contributed by atoms with Crippen molar-refractivity contribution in [3.63, 3.8) is 0 Å². The van der Waals surface area contributed by atoms with E-state index in [1.165, 1.54) is 67.7 Å². The Hall–Kier alpha value is -4.90. The summed E-state index contributed by atoms with van der Waals surface area (Å²) in [6, 6.07) is 26.2. The normalized spacial score (nSPS) is 11.7. The zero-order chi connectivity index (χ0) is 33.8. The highest BCUT2D eigenvalue weighted by Crippen LogP contribution is 2.33. The molecule has 2 amide bonds. The van der Waals surface area contributed by atoms with E-state index in [2.05, 4.69) is 5.32 Å². The number of hydrogen-bond acceptors (Lipinski definition) is 6. The van der Waals surface area contributed by atoms with Crippen LogP contribution in [0.4, 0.5) is 10.1 Å². The quantitative estimate of drug-likeness (QED) is 0.157. The zero-order valence-corrected chi connectivity index (χ0v) is 27.6. The number of anilines is 1. The zero-order valence-electron chi connectivity index (χ0n) is 26.8. The molecule has 0 aliphatic carbocycles. The van der Waals surface area contributed by atoms with Crippen molar-refractivity contribution in [2.24, 2.45) is 0 Å². The van der Waals surface area contributed by atoms with Crippen molar-refractivity contribution in [1.29, 1.82) is 0 Å². The predicted molar refractivity (Wildman–Crippen MR) is 179 cm³/mol. The average molecular weight is 662 g/mol. The highest BCUT2D eigenvalue weighted by molar-refractivity contribution is 7.92. The smallest absolute Gasteiger partial charge is 0.264 e. The monoisotopic (exact) mass is 661 g/mol. The summed E-state index contributed by atoms with van der Waals surface area (Å²) < 4.78 is 54.1. The Kier molecular flexibility index (Phi) is 12.3. The number of halogens is 1. The first-order valence-corrected chi connectivity index (χ1v) is 16.8. The number of amides is 2. The van der Waals surface area contributed by atoms with E-state index >= 15 is 0 Å². The molecule has 1 unspecified atom stereocenters. The molecule has 4 aromatic rings. The first-order valence-electron chi connectivity index (χ1n) is 15.3. The van der Waals surface area contributed by atoms with Crippen LogP contribution >= 0.6 is 0 Å². The number of unbranched alkanes of at least 4 members (excludes halogenated alkanes) is 1. The fourth-order valence-electron chi connectivity index (χ4n) is 5.07. The molecular weight excluding hydrogens is 621 g/mol. The van der Waals surface area contributed by atoms with Crippen molar-refractivity contribution in [3.8, 4) is 11.5 Å². The number of carbonyl (C=O) groups is 2. The Bertz CT molecular complexity index is 1720. The molecule has 9 nitrogen and oxygen atoms in total. The number of benzene rings is 4. The average Bonchev–Trinajstić information content (AvgIpc) is 3.09. The first kappa shape index (κ1) is 35.0. The number of para-hydroxylation sites is 2. The van der Waals surface area contributed by atoms with Crippen LogP contribution in [0.1, 0.15) is 30.9 Å². The minimum absolute atomic E-state index is 0.0692. The molecule has 0 saturated carbocycles. The molecule has 0 spiro atoms. The molecule has 0 aromatic heterocycles. The van der Waals surface area contributed by atoms with E-state index in [9.17, 15) is 22.4 Å². The maximum Gasteiger partial charge on any atom is 0.264 e. The van der Waals surface area contributed by atoms with E-state index in [1.807, 2.05) is 37.3 Å². The lowest BCUT2D eigenvalue weighted by atomic mass is 10.0. The Morgan fingerprint density at radius 3 is 2.13 bits per heavy atom. The van der Waals surface area contributed by atoms with Crippen LogP contribution in [-0.2, 0) is 32.6 Å². The second-order valence-corrected chi connectivity index (χ2v) is 12.7. The van der Waals surface area contributed by atoms with Gasteiger partial charge in [-0.25, -0.2) is 12.8 Å². The molecular formula is C36H40FN3O6S. The SMILES string of the molecule is CCCCNC(=O)C(Cc1ccccc1)N(Cc1ccc(F)cc1)C(=O)CN(c1ccccc1OC)S(=O)(=O)c1ccc(OC)cc1. The molecule has 47 heavy (non-hydrogen) atoms. The van der Waals surface area contributed by atoms with Crippen molar-refractivity contribution in [2.75, 3.05) is 31.6 Å². The summed E-state index contributed by atoms with van der Waals surface area (Å²) in [6.07, 6.45) is 1.78. The molecule has 0 aliphatic heterocycles. The fraction of sp³-hybridized carbons (Fsp3) is 0.278. The summed E-state index contributed by atoms with van der Waals surface area (Å²) in [6.45, 7) is 1.70. The maximum atomic E-state index is 14.5. The van der Waals surface area contributed by atoms with Crippen LogP contribution < -0.4 is 19.1 Å². The fourth-order valence-corrected chi connectivity index (χ4v) is 6.50. The van der Waals surface area contributed by atoms with Gasteiger partial charge in [-0.2, -0.15) is 0 Å². The standard InChI is InChI=1S/C36H40FN3O6S/c1-4-5-23-38-36(42)33(24-27-11-7-6-8-12-27)39(25-28-15-17-29(37)18-16-28)35(41)26-40(32-13-9-10-14-34(32)46-3)47(43,44)31-21-19-30(45-2)20-22-31/h6-22,33H,4-5,23-26H2,1-3H3,(H,38,42). The highest BCUT2D eigenvalue weighted by Gasteiger charge is 2.35. The molecule has 0 fully saturated rings. The van der Waals surface area contributed by atoms with Gasteiger partial charge < -0.3 is 19.7 Å². The van der Waals surface area contributed by atoms with Gasteiger partial charge in [0.05, 0.1) is 24.8 Å². The summed E-state index contributed by atoms with van der Waals surface area (Å²) in [5.74, 6) is -0.756. The minimum Gasteiger partial charge on any atom is -0.497 e. The number of carbonyl (C=O) groups excluding carboxylic acids is 2. The van der Waals surface area contributed by atoms with Crippen LogP contribution in [-0.4, -0.2) is 58.5 Å². The predicted octanol–water partition coefficient (Wildman–Crippen LogP) is 5.59. The van der Waals surface area contributed by atoms with E-state index in [0.29, 0.717) is 17.9 Å². The van der Waals surface area contributed by atoms with E-state index in [1.54, 1.807) is 24.3 Å². The Morgan fingerprint density at radius 1 is 0.830 bits per heavy atom. The molecule has 0 bridgehead atoms. The topological polar surface area (TPSA) is 105 Å².